The van der Waals surface area contributed by atoms with Crippen LogP contribution in [0.5, 0.6) is 0 Å². The number of amides is 2. The van der Waals surface area contributed by atoms with E-state index in [9.17, 15) is 19.5 Å². The molecule has 1 saturated carbocycles. The molecular weight excluding hydrogens is 464 g/mol. The van der Waals surface area contributed by atoms with E-state index < -0.39 is 22.6 Å². The van der Waals surface area contributed by atoms with Crippen LogP contribution >= 0.6 is 11.8 Å². The van der Waals surface area contributed by atoms with Gasteiger partial charge in [-0.25, -0.2) is 0 Å². The Hall–Kier alpha value is -1.80. The molecule has 3 heterocycles. The van der Waals surface area contributed by atoms with E-state index in [-0.39, 0.29) is 48.2 Å². The molecule has 0 aromatic heterocycles. The van der Waals surface area contributed by atoms with Crippen molar-refractivity contribution in [3.8, 4) is 0 Å². The van der Waals surface area contributed by atoms with Crippen LogP contribution in [-0.4, -0.2) is 81.1 Å². The summed E-state index contributed by atoms with van der Waals surface area (Å²) in [4.78, 5) is 45.2. The zero-order chi connectivity index (χ0) is 25.2. The summed E-state index contributed by atoms with van der Waals surface area (Å²) in [5.41, 5.74) is 0. The van der Waals surface area contributed by atoms with Crippen LogP contribution < -0.4 is 0 Å². The van der Waals surface area contributed by atoms with Gasteiger partial charge in [0.25, 0.3) is 0 Å². The lowest BCUT2D eigenvalue weighted by molar-refractivity contribution is -0.154. The van der Waals surface area contributed by atoms with E-state index in [4.69, 9.17) is 4.74 Å². The molecule has 35 heavy (non-hydrogen) atoms. The second-order valence-corrected chi connectivity index (χ2v) is 12.0. The molecule has 1 spiro atoms. The minimum atomic E-state index is -0.648. The van der Waals surface area contributed by atoms with Crippen molar-refractivity contribution in [2.24, 2.45) is 17.8 Å². The predicted octanol–water partition coefficient (Wildman–Crippen LogP) is 3.17. The smallest absolute Gasteiger partial charge is 0.310 e. The number of thioether (sulfide) groups is 1. The summed E-state index contributed by atoms with van der Waals surface area (Å²) in [5.74, 6) is -1.47. The van der Waals surface area contributed by atoms with E-state index in [2.05, 4.69) is 20.1 Å². The Bertz CT molecular complexity index is 843. The topological polar surface area (TPSA) is 87.2 Å². The third-order valence-corrected chi connectivity index (χ3v) is 10.6. The lowest BCUT2D eigenvalue weighted by atomic mass is 9.66. The van der Waals surface area contributed by atoms with Gasteiger partial charge in [0.2, 0.25) is 11.8 Å². The molecule has 1 aliphatic carbocycles. The predicted molar refractivity (Wildman–Crippen MR) is 137 cm³/mol. The molecule has 0 aromatic rings. The van der Waals surface area contributed by atoms with E-state index in [1.54, 1.807) is 28.8 Å². The number of aliphatic hydroxyl groups excluding tert-OH is 1. The minimum absolute atomic E-state index is 0.0204. The summed E-state index contributed by atoms with van der Waals surface area (Å²) in [6.45, 7) is 10.7. The monoisotopic (exact) mass is 504 g/mol. The standard InChI is InChI=1S/C27H40N2O5S/c1-4-6-16-34-26(33)21-20-17-18(3)27(35-20)22(21)24(31)29(14-10-15-30)23(27)25(32)28(13-5-2)19-11-8-7-9-12-19/h4-5,18-23,30H,1-2,6-17H2,3H3/t18?,20-,21+,22-,23?,27?/m0/s1. The van der Waals surface area contributed by atoms with E-state index in [1.807, 2.05) is 4.90 Å². The van der Waals surface area contributed by atoms with Gasteiger partial charge in [0.15, 0.2) is 0 Å². The molecule has 3 unspecified atom stereocenters. The van der Waals surface area contributed by atoms with Crippen molar-refractivity contribution < 1.29 is 24.2 Å². The van der Waals surface area contributed by atoms with Gasteiger partial charge in [-0.05, 0) is 38.0 Å². The largest absolute Gasteiger partial charge is 0.465 e. The van der Waals surface area contributed by atoms with Gasteiger partial charge < -0.3 is 19.6 Å². The molecular formula is C27H40N2O5S. The maximum Gasteiger partial charge on any atom is 0.310 e. The highest BCUT2D eigenvalue weighted by atomic mass is 32.2. The van der Waals surface area contributed by atoms with Gasteiger partial charge in [0, 0.05) is 31.0 Å². The summed E-state index contributed by atoms with van der Waals surface area (Å²) in [6.07, 6.45) is 10.6. The van der Waals surface area contributed by atoms with Crippen LogP contribution in [0.15, 0.2) is 25.3 Å². The zero-order valence-corrected chi connectivity index (χ0v) is 21.7. The molecule has 0 aromatic carbocycles. The third kappa shape index (κ3) is 4.45. The molecule has 2 bridgehead atoms. The Morgan fingerprint density at radius 2 is 2.00 bits per heavy atom. The lowest BCUT2D eigenvalue weighted by Crippen LogP contribution is -2.59. The minimum Gasteiger partial charge on any atom is -0.465 e. The van der Waals surface area contributed by atoms with Gasteiger partial charge in [0.05, 0.1) is 23.2 Å². The first-order valence-corrected chi connectivity index (χ1v) is 14.1. The fourth-order valence-corrected chi connectivity index (χ4v) is 9.40. The molecule has 194 valence electrons. The van der Waals surface area contributed by atoms with E-state index in [1.165, 1.54) is 6.42 Å². The van der Waals surface area contributed by atoms with Crippen molar-refractivity contribution in [2.75, 3.05) is 26.3 Å². The van der Waals surface area contributed by atoms with Gasteiger partial charge in [-0.15, -0.1) is 24.9 Å². The van der Waals surface area contributed by atoms with Gasteiger partial charge in [-0.2, -0.15) is 0 Å². The molecule has 8 heteroatoms. The highest BCUT2D eigenvalue weighted by Crippen LogP contribution is 2.68. The van der Waals surface area contributed by atoms with Crippen LogP contribution in [0.2, 0.25) is 0 Å². The summed E-state index contributed by atoms with van der Waals surface area (Å²) < 4.78 is 4.91. The fraction of sp³-hybridized carbons (Fsp3) is 0.741. The molecule has 0 radical (unpaired) electrons. The number of carbonyl (C=O) groups excluding carboxylic acids is 3. The summed E-state index contributed by atoms with van der Waals surface area (Å²) in [6, 6.07) is -0.484. The van der Waals surface area contributed by atoms with Gasteiger partial charge in [-0.1, -0.05) is 38.3 Å². The molecule has 3 aliphatic heterocycles. The molecule has 4 aliphatic rings. The van der Waals surface area contributed by atoms with Crippen LogP contribution in [0.1, 0.15) is 58.3 Å². The van der Waals surface area contributed by atoms with Crippen molar-refractivity contribution in [1.29, 1.82) is 0 Å². The van der Waals surface area contributed by atoms with Gasteiger partial charge >= 0.3 is 5.97 Å². The Kier molecular flexibility index (Phi) is 8.31. The molecule has 2 amide bonds. The van der Waals surface area contributed by atoms with Crippen molar-refractivity contribution in [1.82, 2.24) is 9.80 Å². The fourth-order valence-electron chi connectivity index (χ4n) is 7.00. The number of hydrogen-bond donors (Lipinski definition) is 1. The molecule has 4 fully saturated rings. The molecule has 7 nitrogen and oxygen atoms in total. The zero-order valence-electron chi connectivity index (χ0n) is 20.9. The summed E-state index contributed by atoms with van der Waals surface area (Å²) in [7, 11) is 0. The molecule has 6 atom stereocenters. The van der Waals surface area contributed by atoms with E-state index >= 15 is 0 Å². The second-order valence-electron chi connectivity index (χ2n) is 10.5. The number of carbonyl (C=O) groups is 3. The average molecular weight is 505 g/mol. The number of aliphatic hydroxyl groups is 1. The number of rotatable bonds is 11. The quantitative estimate of drug-likeness (QED) is 0.264. The van der Waals surface area contributed by atoms with Crippen molar-refractivity contribution in [3.63, 3.8) is 0 Å². The Labute approximate surface area is 213 Å². The Morgan fingerprint density at radius 1 is 1.26 bits per heavy atom. The van der Waals surface area contributed by atoms with E-state index in [0.717, 1.165) is 32.1 Å². The number of ether oxygens (including phenoxy) is 1. The number of likely N-dealkylation sites (tertiary alicyclic amines) is 1. The maximum absolute atomic E-state index is 14.4. The number of hydrogen-bond acceptors (Lipinski definition) is 6. The van der Waals surface area contributed by atoms with Crippen molar-refractivity contribution in [3.05, 3.63) is 25.3 Å². The van der Waals surface area contributed by atoms with Crippen molar-refractivity contribution in [2.45, 2.75) is 80.4 Å². The third-order valence-electron chi connectivity index (χ3n) is 8.50. The van der Waals surface area contributed by atoms with Crippen LogP contribution in [0.3, 0.4) is 0 Å². The van der Waals surface area contributed by atoms with Crippen molar-refractivity contribution >= 4 is 29.5 Å². The maximum atomic E-state index is 14.4. The first kappa shape index (κ1) is 26.3. The van der Waals surface area contributed by atoms with Crippen LogP contribution in [-0.2, 0) is 19.1 Å². The highest BCUT2D eigenvalue weighted by Gasteiger charge is 2.76. The number of nitrogens with zero attached hydrogens (tertiary/aromatic N) is 2. The Balaban J connectivity index is 1.70. The summed E-state index contributed by atoms with van der Waals surface area (Å²) in [5, 5.41) is 9.53. The molecule has 3 saturated heterocycles. The SMILES string of the molecule is C=CCCOC(=O)[C@@H]1[C@@H]2CC(C)C3(S2)C(C(=O)N(CC=C)C2CCCCC2)N(CCCO)C(=O)[C@H]13. The van der Waals surface area contributed by atoms with Crippen LogP contribution in [0.25, 0.3) is 0 Å². The number of esters is 1. The second kappa shape index (κ2) is 11.1. The first-order valence-electron chi connectivity index (χ1n) is 13.2. The highest BCUT2D eigenvalue weighted by molar-refractivity contribution is 8.02. The summed E-state index contributed by atoms with van der Waals surface area (Å²) >= 11 is 1.67. The molecule has 1 N–H and O–H groups in total. The van der Waals surface area contributed by atoms with E-state index in [0.29, 0.717) is 25.9 Å². The average Bonchev–Trinajstić information content (AvgIpc) is 3.45. The Morgan fingerprint density at radius 3 is 2.66 bits per heavy atom. The lowest BCUT2D eigenvalue weighted by Gasteiger charge is -2.43. The van der Waals surface area contributed by atoms with Crippen LogP contribution in [0.4, 0.5) is 0 Å². The first-order chi connectivity index (χ1) is 16.9. The molecule has 4 rings (SSSR count). The van der Waals surface area contributed by atoms with Gasteiger partial charge in [0.1, 0.15) is 6.04 Å². The number of fused-ring (bicyclic) bond motifs is 1. The normalized spacial score (nSPS) is 34.1. The van der Waals surface area contributed by atoms with Crippen LogP contribution in [0, 0.1) is 17.8 Å². The van der Waals surface area contributed by atoms with Gasteiger partial charge in [-0.3, -0.25) is 14.4 Å².